The van der Waals surface area contributed by atoms with Crippen LogP contribution in [0.3, 0.4) is 0 Å². The highest BCUT2D eigenvalue weighted by atomic mass is 35.5. The molecule has 2 saturated heterocycles. The van der Waals surface area contributed by atoms with Crippen LogP contribution in [0.1, 0.15) is 83.0 Å². The van der Waals surface area contributed by atoms with Gasteiger partial charge in [0.15, 0.2) is 11.5 Å². The van der Waals surface area contributed by atoms with Crippen molar-refractivity contribution in [1.29, 1.82) is 0 Å². The third-order valence-corrected chi connectivity index (χ3v) is 13.9. The lowest BCUT2D eigenvalue weighted by Crippen LogP contribution is -2.45. The number of amides is 2. The lowest BCUT2D eigenvalue weighted by Gasteiger charge is -2.38. The average Bonchev–Trinajstić information content (AvgIpc) is 4.14. The summed E-state index contributed by atoms with van der Waals surface area (Å²) >= 11 is 12.7. The maximum atomic E-state index is 13.1. The standard InChI is InChI=1S/2C26H29ClN4O5/c1-26(8-11-36-26)14-35-19-13-28-9-6-16(19)22-23(30-18-5-3-4-17(27)24(18)34-2)20-21(31-22)15(7-10-32)12-29-25(20)33;1-34-25-18(27)5-2-6-19(25)30-24-21-22(15(8-10-32)12-29-26(21)33)31-23(24)17-7-9-28-13-20(17)36-14-16-4-3-11-35-16/h3-6,9,13,15,30-32H,7-8,10-12,14H2,1-2H3,(H,29,33);2,5-7,9,13,15-16,30-32H,3-4,8,10-12,14H2,1H3,(H,29,33)/t15-,26?;15-,16-/m00/s1. The number of ether oxygens (including phenoxy) is 6. The van der Waals surface area contributed by atoms with E-state index >= 15 is 0 Å². The van der Waals surface area contributed by atoms with E-state index in [1.165, 1.54) is 0 Å². The number of aromatic amines is 2. The number of pyridine rings is 2. The molecule has 2 amide bonds. The molecule has 0 spiro atoms. The largest absolute Gasteiger partial charge is 0.493 e. The number of nitrogens with zero attached hydrogens (tertiary/aromatic N) is 2. The Morgan fingerprint density at radius 3 is 1.71 bits per heavy atom. The topological polar surface area (TPSA) is 235 Å². The normalized spacial score (nSPS) is 19.9. The Morgan fingerprint density at radius 2 is 1.26 bits per heavy atom. The number of hydrogen-bond donors (Lipinski definition) is 8. The van der Waals surface area contributed by atoms with Crippen molar-refractivity contribution >= 4 is 57.8 Å². The summed E-state index contributed by atoms with van der Waals surface area (Å²) in [6, 6.07) is 14.4. The van der Waals surface area contributed by atoms with Gasteiger partial charge >= 0.3 is 0 Å². The number of aliphatic hydroxyl groups is 2. The zero-order chi connectivity index (χ0) is 50.4. The van der Waals surface area contributed by atoms with Crippen molar-refractivity contribution in [2.75, 3.05) is 77.6 Å². The lowest BCUT2D eigenvalue weighted by molar-refractivity contribution is -0.152. The fourth-order valence-corrected chi connectivity index (χ4v) is 9.95. The van der Waals surface area contributed by atoms with E-state index < -0.39 is 0 Å². The number of halogens is 2. The molecule has 1 unspecified atom stereocenters. The third-order valence-electron chi connectivity index (χ3n) is 13.3. The Morgan fingerprint density at radius 1 is 0.750 bits per heavy atom. The maximum Gasteiger partial charge on any atom is 0.255 e. The van der Waals surface area contributed by atoms with Crippen LogP contribution < -0.4 is 40.2 Å². The minimum atomic E-state index is -0.330. The molecule has 18 nitrogen and oxygen atoms in total. The number of nitrogens with one attached hydrogen (secondary N) is 6. The molecule has 0 aliphatic carbocycles. The summed E-state index contributed by atoms with van der Waals surface area (Å²) in [5, 5.41) is 32.9. The summed E-state index contributed by atoms with van der Waals surface area (Å²) in [7, 11) is 3.09. The molecule has 8 heterocycles. The van der Waals surface area contributed by atoms with Gasteiger partial charge in [-0.05, 0) is 69.0 Å². The summed E-state index contributed by atoms with van der Waals surface area (Å²) in [6.07, 6.45) is 10.6. The fourth-order valence-electron chi connectivity index (χ4n) is 9.45. The number of aromatic nitrogens is 4. The summed E-state index contributed by atoms with van der Waals surface area (Å²) in [5.74, 6) is 1.50. The van der Waals surface area contributed by atoms with Crippen LogP contribution in [0.2, 0.25) is 10.0 Å². The quantitative estimate of drug-likeness (QED) is 0.0403. The first kappa shape index (κ1) is 50.4. The van der Waals surface area contributed by atoms with Gasteiger partial charge in [-0.2, -0.15) is 0 Å². The van der Waals surface area contributed by atoms with Gasteiger partial charge in [-0.25, -0.2) is 0 Å². The van der Waals surface area contributed by atoms with Gasteiger partial charge in [0.05, 0.1) is 94.6 Å². The van der Waals surface area contributed by atoms with E-state index in [1.54, 1.807) is 57.2 Å². The number of para-hydroxylation sites is 2. The summed E-state index contributed by atoms with van der Waals surface area (Å²) in [6.45, 7) is 5.15. The first-order valence-electron chi connectivity index (χ1n) is 23.9. The van der Waals surface area contributed by atoms with E-state index in [0.717, 1.165) is 55.0 Å². The monoisotopic (exact) mass is 1020 g/mol. The van der Waals surface area contributed by atoms with Crippen molar-refractivity contribution in [3.63, 3.8) is 0 Å². The zero-order valence-electron chi connectivity index (χ0n) is 40.2. The number of aliphatic hydroxyl groups excluding tert-OH is 2. The molecule has 4 aromatic heterocycles. The number of hydrogen-bond acceptors (Lipinski definition) is 14. The van der Waals surface area contributed by atoms with Gasteiger partial charge in [0, 0.05) is 86.1 Å². The smallest absolute Gasteiger partial charge is 0.255 e. The first-order valence-corrected chi connectivity index (χ1v) is 24.7. The highest BCUT2D eigenvalue weighted by Gasteiger charge is 2.37. The summed E-state index contributed by atoms with van der Waals surface area (Å²) in [5.41, 5.74) is 7.32. The average molecular weight is 1030 g/mol. The van der Waals surface area contributed by atoms with Crippen molar-refractivity contribution in [3.05, 3.63) is 106 Å². The summed E-state index contributed by atoms with van der Waals surface area (Å²) in [4.78, 5) is 41.8. The van der Waals surface area contributed by atoms with Crippen LogP contribution >= 0.6 is 23.2 Å². The van der Waals surface area contributed by atoms with Gasteiger partial charge in [-0.1, -0.05) is 35.3 Å². The van der Waals surface area contributed by atoms with Crippen molar-refractivity contribution < 1.29 is 48.2 Å². The number of H-pyrrole nitrogens is 2. The van der Waals surface area contributed by atoms with Crippen LogP contribution in [-0.4, -0.2) is 121 Å². The minimum absolute atomic E-state index is 0.00140. The van der Waals surface area contributed by atoms with Gasteiger partial charge in [-0.15, -0.1) is 0 Å². The SMILES string of the molecule is COc1c(Cl)cccc1Nc1c(-c2ccncc2OCC2(C)CCO2)[nH]c2c1C(=O)NC[C@@H]2CCO.COc1c(Cl)cccc1Nc1c(-c2ccncc2OC[C@@H]2CCCO2)[nH]c2c1C(=O)NC[C@@H]2CCO. The predicted octanol–water partition coefficient (Wildman–Crippen LogP) is 8.50. The summed E-state index contributed by atoms with van der Waals surface area (Å²) < 4.78 is 34.8. The number of benzene rings is 2. The Hall–Kier alpha value is -6.54. The molecule has 0 saturated carbocycles. The number of rotatable bonds is 18. The van der Waals surface area contributed by atoms with Crippen LogP contribution in [-0.2, 0) is 9.47 Å². The predicted molar refractivity (Wildman–Crippen MR) is 273 cm³/mol. The molecule has 10 rings (SSSR count). The molecule has 6 aromatic rings. The van der Waals surface area contributed by atoms with Crippen LogP contribution in [0.15, 0.2) is 73.3 Å². The van der Waals surface area contributed by atoms with Gasteiger partial charge in [0.2, 0.25) is 0 Å². The molecule has 4 aliphatic heterocycles. The van der Waals surface area contributed by atoms with Crippen molar-refractivity contribution in [1.82, 2.24) is 30.6 Å². The molecule has 20 heteroatoms. The van der Waals surface area contributed by atoms with E-state index in [9.17, 15) is 19.8 Å². The van der Waals surface area contributed by atoms with E-state index in [-0.39, 0.29) is 48.6 Å². The van der Waals surface area contributed by atoms with Gasteiger partial charge in [-0.3, -0.25) is 19.6 Å². The molecular formula is C52H58Cl2N8O10. The second-order valence-corrected chi connectivity index (χ2v) is 18.9. The Kier molecular flexibility index (Phi) is 15.7. The first-order chi connectivity index (χ1) is 35.0. The highest BCUT2D eigenvalue weighted by molar-refractivity contribution is 6.33. The molecule has 4 atom stereocenters. The minimum Gasteiger partial charge on any atom is -0.493 e. The van der Waals surface area contributed by atoms with Crippen molar-refractivity contribution in [2.45, 2.75) is 62.6 Å². The Labute approximate surface area is 426 Å². The van der Waals surface area contributed by atoms with E-state index in [2.05, 4.69) is 41.2 Å². The Balaban J connectivity index is 0.000000178. The molecule has 2 aromatic carbocycles. The van der Waals surface area contributed by atoms with Crippen LogP contribution in [0.4, 0.5) is 22.7 Å². The highest BCUT2D eigenvalue weighted by Crippen LogP contribution is 2.47. The molecular weight excluding hydrogens is 968 g/mol. The number of fused-ring (bicyclic) bond motifs is 2. The maximum absolute atomic E-state index is 13.1. The number of anilines is 4. The fraction of sp³-hybridized carbons (Fsp3) is 0.385. The third kappa shape index (κ3) is 10.5. The number of methoxy groups -OCH3 is 2. The van der Waals surface area contributed by atoms with E-state index in [1.807, 2.05) is 37.3 Å². The van der Waals surface area contributed by atoms with Crippen molar-refractivity contribution in [3.8, 4) is 45.5 Å². The van der Waals surface area contributed by atoms with Crippen LogP contribution in [0.5, 0.6) is 23.0 Å². The van der Waals surface area contributed by atoms with E-state index in [4.69, 9.17) is 51.6 Å². The molecule has 72 heavy (non-hydrogen) atoms. The second kappa shape index (κ2) is 22.5. The van der Waals surface area contributed by atoms with Crippen LogP contribution in [0.25, 0.3) is 22.5 Å². The van der Waals surface area contributed by atoms with Crippen LogP contribution in [0, 0.1) is 0 Å². The van der Waals surface area contributed by atoms with E-state index in [0.29, 0.717) is 117 Å². The van der Waals surface area contributed by atoms with Gasteiger partial charge in [0.25, 0.3) is 11.8 Å². The molecule has 4 aliphatic rings. The Bertz CT molecular complexity index is 2900. The molecule has 380 valence electrons. The van der Waals surface area contributed by atoms with Crippen molar-refractivity contribution in [2.24, 2.45) is 0 Å². The number of carbonyl (C=O) groups is 2. The molecule has 0 radical (unpaired) electrons. The van der Waals surface area contributed by atoms with Gasteiger partial charge in [0.1, 0.15) is 30.3 Å². The zero-order valence-corrected chi connectivity index (χ0v) is 41.7. The van der Waals surface area contributed by atoms with Gasteiger partial charge < -0.3 is 69.9 Å². The number of carbonyl (C=O) groups excluding carboxylic acids is 2. The second-order valence-electron chi connectivity index (χ2n) is 18.1. The molecule has 2 fully saturated rings. The molecule has 0 bridgehead atoms. The lowest BCUT2D eigenvalue weighted by atomic mass is 9.94. The molecule has 8 N–H and O–H groups in total.